The number of aromatic hydroxyl groups is 1. The number of aliphatic hydroxyl groups excluding tert-OH is 3. The number of amides is 1. The number of hydrogen-bond donors (Lipinski definition) is 8. The van der Waals surface area contributed by atoms with Crippen LogP contribution < -0.4 is 5.73 Å². The van der Waals surface area contributed by atoms with Crippen LogP contribution in [-0.2, 0) is 24.8 Å². The first-order valence-corrected chi connectivity index (χ1v) is 12.1. The molecule has 6 atom stereocenters. The number of aliphatic hydroxyl groups is 4. The molecule has 0 unspecified atom stereocenters. The van der Waals surface area contributed by atoms with Gasteiger partial charge in [0.1, 0.15) is 22.8 Å². The van der Waals surface area contributed by atoms with Crippen molar-refractivity contribution in [1.82, 2.24) is 4.90 Å². The van der Waals surface area contributed by atoms with Gasteiger partial charge < -0.3 is 31.3 Å². The Morgan fingerprint density at radius 3 is 2.14 bits per heavy atom. The number of nitrogens with zero attached hydrogens (tertiary/aromatic N) is 1. The van der Waals surface area contributed by atoms with Crippen molar-refractivity contribution in [2.45, 2.75) is 30.6 Å². The number of Topliss-reactive ketones (excluding diaryl/α,β-unsaturated/α-hetero) is 2. The summed E-state index contributed by atoms with van der Waals surface area (Å²) in [6.07, 6.45) is -1.59. The SMILES string of the molecule is C[C@H]1c2cccc(O)c2C(O)=C2C(=O)[C@]3(O)C(O)=C(C(N)=O)C(=O)[C@@H](N(C)C)[C@@H]3[C@@H](O)[C@@H]21.O=S(=O)(O)O. The predicted octanol–water partition coefficient (Wildman–Crippen LogP) is -1.16. The zero-order valence-corrected chi connectivity index (χ0v) is 20.5. The maximum atomic E-state index is 13.7. The Morgan fingerprint density at radius 1 is 1.11 bits per heavy atom. The lowest BCUT2D eigenvalue weighted by atomic mass is 9.54. The van der Waals surface area contributed by atoms with Gasteiger partial charge in [-0.3, -0.25) is 28.4 Å². The Morgan fingerprint density at radius 2 is 1.65 bits per heavy atom. The summed E-state index contributed by atoms with van der Waals surface area (Å²) in [5.41, 5.74) is 1.47. The van der Waals surface area contributed by atoms with Gasteiger partial charge in [0.25, 0.3) is 5.91 Å². The van der Waals surface area contributed by atoms with Gasteiger partial charge in [-0.25, -0.2) is 0 Å². The van der Waals surface area contributed by atoms with Gasteiger partial charge in [-0.05, 0) is 31.6 Å². The molecule has 0 aliphatic heterocycles. The molecule has 14 nitrogen and oxygen atoms in total. The number of phenols is 1. The molecule has 0 spiro atoms. The van der Waals surface area contributed by atoms with E-state index >= 15 is 0 Å². The monoisotopic (exact) mass is 542 g/mol. The second kappa shape index (κ2) is 9.20. The Hall–Kier alpha value is -3.34. The number of benzene rings is 1. The van der Waals surface area contributed by atoms with Gasteiger partial charge in [0.15, 0.2) is 11.4 Å². The van der Waals surface area contributed by atoms with E-state index in [0.29, 0.717) is 5.56 Å². The van der Waals surface area contributed by atoms with Crippen molar-refractivity contribution < 1.29 is 57.4 Å². The molecule has 9 N–H and O–H groups in total. The highest BCUT2D eigenvalue weighted by Crippen LogP contribution is 2.55. The first kappa shape index (κ1) is 28.2. The highest BCUT2D eigenvalue weighted by molar-refractivity contribution is 7.79. The average Bonchev–Trinajstić information content (AvgIpc) is 2.74. The summed E-state index contributed by atoms with van der Waals surface area (Å²) in [7, 11) is -1.75. The van der Waals surface area contributed by atoms with Crippen molar-refractivity contribution in [2.24, 2.45) is 17.6 Å². The lowest BCUT2D eigenvalue weighted by molar-refractivity contribution is -0.169. The number of nitrogens with two attached hydrogens (primary N) is 1. The first-order chi connectivity index (χ1) is 16.9. The summed E-state index contributed by atoms with van der Waals surface area (Å²) in [6.45, 7) is 1.68. The lowest BCUT2D eigenvalue weighted by Gasteiger charge is -2.53. The quantitative estimate of drug-likeness (QED) is 0.162. The number of carbonyl (C=O) groups is 3. The summed E-state index contributed by atoms with van der Waals surface area (Å²) in [4.78, 5) is 40.0. The molecule has 0 radical (unpaired) electrons. The van der Waals surface area contributed by atoms with Crippen LogP contribution in [0, 0.1) is 11.8 Å². The van der Waals surface area contributed by atoms with Crippen LogP contribution in [0.15, 0.2) is 35.1 Å². The van der Waals surface area contributed by atoms with Gasteiger partial charge in [0.2, 0.25) is 5.78 Å². The van der Waals surface area contributed by atoms with E-state index < -0.39 is 86.0 Å². The number of ketones is 2. The summed E-state index contributed by atoms with van der Waals surface area (Å²) in [5.74, 6) is -8.87. The highest BCUT2D eigenvalue weighted by atomic mass is 32.3. The third-order valence-electron chi connectivity index (χ3n) is 6.99. The second-order valence-electron chi connectivity index (χ2n) is 9.24. The number of phenolic OH excluding ortho intramolecular Hbond substituents is 1. The molecule has 202 valence electrons. The third kappa shape index (κ3) is 4.28. The van der Waals surface area contributed by atoms with E-state index in [9.17, 15) is 39.9 Å². The standard InChI is InChI=1S/C22H24N2O8.H2O4S/c1-7-8-5-4-6-9(25)11(8)16(26)12-10(7)17(27)14-15(24(2)3)18(28)13(21(23)31)20(30)22(14,32)19(12)29;1-5(2,3)4/h4-7,10,14-15,17,25-27,30,32H,1-3H3,(H2,23,31);(H2,1,2,3,4)/t7-,10+,14+,15-,17-,22-;/m0./s1. The van der Waals surface area contributed by atoms with Crippen molar-refractivity contribution in [2.75, 3.05) is 14.1 Å². The molecule has 3 aliphatic rings. The molecule has 0 saturated heterocycles. The molecular weight excluding hydrogens is 516 g/mol. The van der Waals surface area contributed by atoms with E-state index in [0.717, 1.165) is 0 Å². The van der Waals surface area contributed by atoms with E-state index in [1.807, 2.05) is 0 Å². The van der Waals surface area contributed by atoms with E-state index in [4.69, 9.17) is 23.3 Å². The Labute approximate surface area is 210 Å². The molecule has 1 amide bonds. The van der Waals surface area contributed by atoms with Gasteiger partial charge in [-0.1, -0.05) is 19.1 Å². The molecule has 3 aliphatic carbocycles. The second-order valence-corrected chi connectivity index (χ2v) is 10.1. The minimum Gasteiger partial charge on any atom is -0.508 e. The van der Waals surface area contributed by atoms with Crippen LogP contribution >= 0.6 is 0 Å². The Kier molecular flexibility index (Phi) is 7.02. The zero-order chi connectivity index (χ0) is 28.4. The van der Waals surface area contributed by atoms with Crippen LogP contribution in [0.4, 0.5) is 0 Å². The molecular formula is C22H26N2O12S. The molecule has 1 aromatic rings. The molecule has 4 rings (SSSR count). The maximum Gasteiger partial charge on any atom is 0.394 e. The van der Waals surface area contributed by atoms with Gasteiger partial charge in [-0.15, -0.1) is 0 Å². The van der Waals surface area contributed by atoms with E-state index in [1.54, 1.807) is 19.1 Å². The number of carbonyl (C=O) groups excluding carboxylic acids is 3. The summed E-state index contributed by atoms with van der Waals surface area (Å²) in [5, 5.41) is 54.9. The normalized spacial score (nSPS) is 31.3. The molecule has 1 fully saturated rings. The van der Waals surface area contributed by atoms with Gasteiger partial charge in [0, 0.05) is 11.5 Å². The van der Waals surface area contributed by atoms with Crippen molar-refractivity contribution in [3.05, 3.63) is 46.2 Å². The fourth-order valence-electron chi connectivity index (χ4n) is 5.58. The lowest BCUT2D eigenvalue weighted by Crippen LogP contribution is -2.70. The molecule has 0 aromatic heterocycles. The van der Waals surface area contributed by atoms with Crippen LogP contribution in [0.25, 0.3) is 5.76 Å². The topological polar surface area (TPSA) is 256 Å². The van der Waals surface area contributed by atoms with Gasteiger partial charge in [0.05, 0.1) is 23.6 Å². The highest BCUT2D eigenvalue weighted by Gasteiger charge is 2.68. The minimum absolute atomic E-state index is 0.0245. The van der Waals surface area contributed by atoms with Crippen LogP contribution in [0.2, 0.25) is 0 Å². The first-order valence-electron chi connectivity index (χ1n) is 10.7. The number of likely N-dealkylation sites (N-methyl/N-ethyl adjacent to an activating group) is 1. The zero-order valence-electron chi connectivity index (χ0n) is 19.7. The van der Waals surface area contributed by atoms with Crippen LogP contribution in [0.5, 0.6) is 5.75 Å². The molecule has 37 heavy (non-hydrogen) atoms. The predicted molar refractivity (Wildman–Crippen MR) is 125 cm³/mol. The summed E-state index contributed by atoms with van der Waals surface area (Å²) < 4.78 is 31.6. The number of rotatable bonds is 2. The summed E-state index contributed by atoms with van der Waals surface area (Å²) in [6, 6.07) is 3.13. The van der Waals surface area contributed by atoms with E-state index in [2.05, 4.69) is 0 Å². The van der Waals surface area contributed by atoms with Gasteiger partial charge >= 0.3 is 10.4 Å². The minimum atomic E-state index is -4.67. The molecule has 15 heteroatoms. The maximum absolute atomic E-state index is 13.7. The van der Waals surface area contributed by atoms with Crippen LogP contribution in [0.1, 0.15) is 24.0 Å². The van der Waals surface area contributed by atoms with E-state index in [-0.39, 0.29) is 11.3 Å². The largest absolute Gasteiger partial charge is 0.508 e. The van der Waals surface area contributed by atoms with Crippen LogP contribution in [-0.4, -0.2) is 97.3 Å². The Balaban J connectivity index is 0.000000695. The Bertz CT molecular complexity index is 1360. The molecule has 1 aromatic carbocycles. The third-order valence-corrected chi connectivity index (χ3v) is 6.99. The van der Waals surface area contributed by atoms with Crippen molar-refractivity contribution in [3.63, 3.8) is 0 Å². The smallest absolute Gasteiger partial charge is 0.394 e. The van der Waals surface area contributed by atoms with E-state index in [1.165, 1.54) is 25.1 Å². The van der Waals surface area contributed by atoms with Crippen molar-refractivity contribution in [3.8, 4) is 5.75 Å². The van der Waals surface area contributed by atoms with Crippen molar-refractivity contribution in [1.29, 1.82) is 0 Å². The number of primary amides is 1. The molecule has 0 heterocycles. The molecule has 1 saturated carbocycles. The number of hydrogen-bond acceptors (Lipinski definition) is 11. The van der Waals surface area contributed by atoms with Gasteiger partial charge in [-0.2, -0.15) is 8.42 Å². The van der Waals surface area contributed by atoms with Crippen molar-refractivity contribution >= 4 is 33.6 Å². The molecule has 0 bridgehead atoms. The average molecular weight is 543 g/mol. The fraction of sp³-hybridized carbons (Fsp3) is 0.409. The number of fused-ring (bicyclic) bond motifs is 3. The summed E-state index contributed by atoms with van der Waals surface area (Å²) >= 11 is 0. The van der Waals surface area contributed by atoms with Crippen LogP contribution in [0.3, 0.4) is 0 Å². The fourth-order valence-corrected chi connectivity index (χ4v) is 5.58.